The van der Waals surface area contributed by atoms with Crippen LogP contribution in [-0.2, 0) is 16.1 Å². The maximum atomic E-state index is 12.8. The molecule has 8 heteroatoms. The van der Waals surface area contributed by atoms with Gasteiger partial charge >= 0.3 is 0 Å². The van der Waals surface area contributed by atoms with Gasteiger partial charge in [-0.1, -0.05) is 41.9 Å². The second-order valence-corrected chi connectivity index (χ2v) is 8.00. The largest absolute Gasteiger partial charge is 0.368 e. The molecule has 7 nitrogen and oxygen atoms in total. The fraction of sp³-hybridized carbons (Fsp3) is 0.318. The van der Waals surface area contributed by atoms with Gasteiger partial charge in [-0.05, 0) is 48.6 Å². The van der Waals surface area contributed by atoms with Gasteiger partial charge in [-0.2, -0.15) is 0 Å². The number of primary amides is 2. The van der Waals surface area contributed by atoms with Crippen molar-refractivity contribution in [1.82, 2.24) is 10.2 Å². The summed E-state index contributed by atoms with van der Waals surface area (Å²) < 4.78 is 0. The van der Waals surface area contributed by atoms with Crippen molar-refractivity contribution in [3.63, 3.8) is 0 Å². The Balaban J connectivity index is 1.68. The summed E-state index contributed by atoms with van der Waals surface area (Å²) in [5.41, 5.74) is 13.0. The number of nitrogens with zero attached hydrogens (tertiary/aromatic N) is 1. The van der Waals surface area contributed by atoms with Gasteiger partial charge < -0.3 is 16.8 Å². The quantitative estimate of drug-likeness (QED) is 0.622. The number of carbonyl (C=O) groups excluding carboxylic acids is 3. The minimum Gasteiger partial charge on any atom is -0.368 e. The fourth-order valence-corrected chi connectivity index (χ4v) is 4.18. The number of amides is 3. The number of likely N-dealkylation sites (tertiary alicyclic amines) is 1. The van der Waals surface area contributed by atoms with Gasteiger partial charge in [0.25, 0.3) is 0 Å². The van der Waals surface area contributed by atoms with Crippen LogP contribution in [0.25, 0.3) is 0 Å². The molecule has 2 unspecified atom stereocenters. The smallest absolute Gasteiger partial charge is 0.248 e. The lowest BCUT2D eigenvalue weighted by atomic mass is 9.96. The second-order valence-electron chi connectivity index (χ2n) is 7.56. The fourth-order valence-electron chi connectivity index (χ4n) is 3.92. The lowest BCUT2D eigenvalue weighted by molar-refractivity contribution is -0.129. The van der Waals surface area contributed by atoms with Gasteiger partial charge in [0.15, 0.2) is 0 Å². The highest BCUT2D eigenvalue weighted by atomic mass is 35.5. The molecule has 0 aliphatic carbocycles. The molecule has 1 aliphatic heterocycles. The molecule has 2 aromatic carbocycles. The number of hydrogen-bond acceptors (Lipinski definition) is 4. The topological polar surface area (TPSA) is 119 Å². The van der Waals surface area contributed by atoms with E-state index in [1.54, 1.807) is 19.1 Å². The van der Waals surface area contributed by atoms with E-state index in [0.717, 1.165) is 5.56 Å². The molecule has 1 heterocycles. The molecule has 0 spiro atoms. The van der Waals surface area contributed by atoms with E-state index in [1.165, 1.54) is 6.07 Å². The third-order valence-electron chi connectivity index (χ3n) is 5.52. The SMILES string of the molecule is C[C@@H](C(=O)NCc1cc(Cl)cc(C(N)=O)c1)N1CC(c2ccccc2)CC1C(N)=O. The Morgan fingerprint density at radius 2 is 1.87 bits per heavy atom. The van der Waals surface area contributed by atoms with Gasteiger partial charge in [-0.15, -0.1) is 0 Å². The molecule has 0 saturated carbocycles. The van der Waals surface area contributed by atoms with E-state index in [1.807, 2.05) is 35.2 Å². The molecule has 5 N–H and O–H groups in total. The second kappa shape index (κ2) is 9.28. The Bertz CT molecular complexity index is 951. The first-order valence-electron chi connectivity index (χ1n) is 9.73. The van der Waals surface area contributed by atoms with Gasteiger partial charge in [0.2, 0.25) is 17.7 Å². The van der Waals surface area contributed by atoms with Crippen molar-refractivity contribution < 1.29 is 14.4 Å². The number of nitrogens with two attached hydrogens (primary N) is 2. The zero-order valence-electron chi connectivity index (χ0n) is 16.7. The van der Waals surface area contributed by atoms with Crippen LogP contribution in [0.5, 0.6) is 0 Å². The van der Waals surface area contributed by atoms with Crippen molar-refractivity contribution in [2.24, 2.45) is 11.5 Å². The first-order valence-corrected chi connectivity index (χ1v) is 10.1. The lowest BCUT2D eigenvalue weighted by Crippen LogP contribution is -2.51. The summed E-state index contributed by atoms with van der Waals surface area (Å²) >= 11 is 6.02. The standard InChI is InChI=1S/C22H25ClN4O3/c1-13(22(30)26-11-14-7-16(20(24)28)9-18(23)8-14)27-12-17(10-19(27)21(25)29)15-5-3-2-4-6-15/h2-9,13,17,19H,10-12H2,1H3,(H2,24,28)(H2,25,29)(H,26,30)/t13-,17?,19?/m0/s1. The van der Waals surface area contributed by atoms with Crippen molar-refractivity contribution in [3.05, 3.63) is 70.2 Å². The van der Waals surface area contributed by atoms with Crippen LogP contribution in [0.15, 0.2) is 48.5 Å². The summed E-state index contributed by atoms with van der Waals surface area (Å²) in [6.07, 6.45) is 0.577. The third-order valence-corrected chi connectivity index (χ3v) is 5.74. The normalized spacial score (nSPS) is 19.9. The molecule has 0 aromatic heterocycles. The van der Waals surface area contributed by atoms with E-state index in [-0.39, 0.29) is 23.9 Å². The highest BCUT2D eigenvalue weighted by molar-refractivity contribution is 6.31. The summed E-state index contributed by atoms with van der Waals surface area (Å²) in [6, 6.07) is 13.6. The molecule has 2 aromatic rings. The number of hydrogen-bond donors (Lipinski definition) is 3. The zero-order chi connectivity index (χ0) is 21.8. The number of nitrogens with one attached hydrogen (secondary N) is 1. The Morgan fingerprint density at radius 3 is 2.50 bits per heavy atom. The van der Waals surface area contributed by atoms with Crippen LogP contribution in [0.1, 0.15) is 40.7 Å². The van der Waals surface area contributed by atoms with Gasteiger partial charge in [0.05, 0.1) is 12.1 Å². The number of benzene rings is 2. The molecule has 0 bridgehead atoms. The molecule has 3 atom stereocenters. The Hall–Kier alpha value is -2.90. The average molecular weight is 429 g/mol. The predicted octanol–water partition coefficient (Wildman–Crippen LogP) is 1.79. The Kier molecular flexibility index (Phi) is 6.74. The first-order chi connectivity index (χ1) is 14.3. The summed E-state index contributed by atoms with van der Waals surface area (Å²) in [5, 5.41) is 3.20. The summed E-state index contributed by atoms with van der Waals surface area (Å²) in [4.78, 5) is 38.1. The molecule has 158 valence electrons. The van der Waals surface area contributed by atoms with E-state index in [4.69, 9.17) is 23.1 Å². The van der Waals surface area contributed by atoms with E-state index < -0.39 is 23.9 Å². The van der Waals surface area contributed by atoms with Crippen molar-refractivity contribution in [2.45, 2.75) is 37.9 Å². The van der Waals surface area contributed by atoms with Crippen LogP contribution in [-0.4, -0.2) is 41.2 Å². The molecule has 1 aliphatic rings. The van der Waals surface area contributed by atoms with E-state index in [9.17, 15) is 14.4 Å². The minimum atomic E-state index is -0.591. The van der Waals surface area contributed by atoms with Crippen LogP contribution in [0.3, 0.4) is 0 Å². The van der Waals surface area contributed by atoms with E-state index in [2.05, 4.69) is 5.32 Å². The van der Waals surface area contributed by atoms with Crippen LogP contribution in [0, 0.1) is 0 Å². The molecule has 1 fully saturated rings. The predicted molar refractivity (Wildman–Crippen MR) is 115 cm³/mol. The Morgan fingerprint density at radius 1 is 1.17 bits per heavy atom. The van der Waals surface area contributed by atoms with Gasteiger partial charge in [-0.3, -0.25) is 19.3 Å². The number of rotatable bonds is 7. The summed E-state index contributed by atoms with van der Waals surface area (Å²) in [5.74, 6) is -1.14. The summed E-state index contributed by atoms with van der Waals surface area (Å²) in [7, 11) is 0. The van der Waals surface area contributed by atoms with Crippen molar-refractivity contribution in [2.75, 3.05) is 6.54 Å². The Labute approximate surface area is 180 Å². The molecular formula is C22H25ClN4O3. The van der Waals surface area contributed by atoms with Crippen LogP contribution in [0.2, 0.25) is 5.02 Å². The molecule has 3 rings (SSSR count). The molecular weight excluding hydrogens is 404 g/mol. The van der Waals surface area contributed by atoms with Crippen molar-refractivity contribution in [1.29, 1.82) is 0 Å². The van der Waals surface area contributed by atoms with E-state index >= 15 is 0 Å². The highest BCUT2D eigenvalue weighted by Crippen LogP contribution is 2.33. The van der Waals surface area contributed by atoms with Crippen molar-refractivity contribution >= 4 is 29.3 Å². The average Bonchev–Trinajstić information content (AvgIpc) is 3.17. The number of halogens is 1. The van der Waals surface area contributed by atoms with Gasteiger partial charge in [0, 0.05) is 23.7 Å². The zero-order valence-corrected chi connectivity index (χ0v) is 17.4. The third kappa shape index (κ3) is 4.98. The van der Waals surface area contributed by atoms with Gasteiger partial charge in [0.1, 0.15) is 0 Å². The first kappa shape index (κ1) is 21.8. The van der Waals surface area contributed by atoms with Crippen LogP contribution in [0.4, 0.5) is 0 Å². The molecule has 0 radical (unpaired) electrons. The van der Waals surface area contributed by atoms with Crippen LogP contribution < -0.4 is 16.8 Å². The van der Waals surface area contributed by atoms with E-state index in [0.29, 0.717) is 23.6 Å². The number of carbonyl (C=O) groups is 3. The monoisotopic (exact) mass is 428 g/mol. The van der Waals surface area contributed by atoms with Crippen LogP contribution >= 0.6 is 11.6 Å². The minimum absolute atomic E-state index is 0.130. The lowest BCUT2D eigenvalue weighted by Gasteiger charge is -2.28. The maximum Gasteiger partial charge on any atom is 0.248 e. The molecule has 1 saturated heterocycles. The maximum absolute atomic E-state index is 12.8. The highest BCUT2D eigenvalue weighted by Gasteiger charge is 2.40. The van der Waals surface area contributed by atoms with Crippen molar-refractivity contribution in [3.8, 4) is 0 Å². The van der Waals surface area contributed by atoms with Gasteiger partial charge in [-0.25, -0.2) is 0 Å². The molecule has 3 amide bonds. The summed E-state index contributed by atoms with van der Waals surface area (Å²) in [6.45, 7) is 2.50. The molecule has 30 heavy (non-hydrogen) atoms.